The summed E-state index contributed by atoms with van der Waals surface area (Å²) in [5, 5.41) is 2.98. The van der Waals surface area contributed by atoms with Gasteiger partial charge in [-0.1, -0.05) is 0 Å². The van der Waals surface area contributed by atoms with E-state index < -0.39 is 0 Å². The molecule has 16 heavy (non-hydrogen) atoms. The average Bonchev–Trinajstić information content (AvgIpc) is 2.29. The molecule has 0 aliphatic heterocycles. The number of rotatable bonds is 5. The molecule has 0 atom stereocenters. The molecule has 4 heteroatoms. The van der Waals surface area contributed by atoms with Crippen molar-refractivity contribution in [2.24, 2.45) is 0 Å². The van der Waals surface area contributed by atoms with Crippen LogP contribution in [0.25, 0.3) is 0 Å². The third-order valence-electron chi connectivity index (χ3n) is 2.14. The molecule has 88 valence electrons. The van der Waals surface area contributed by atoms with Crippen molar-refractivity contribution in [1.29, 1.82) is 0 Å². The number of carbonyl (C=O) groups excluding carboxylic acids is 1. The van der Waals surface area contributed by atoms with Crippen molar-refractivity contribution in [3.63, 3.8) is 0 Å². The van der Waals surface area contributed by atoms with Gasteiger partial charge in [0.05, 0.1) is 13.7 Å². The van der Waals surface area contributed by atoms with E-state index >= 15 is 0 Å². The van der Waals surface area contributed by atoms with Crippen LogP contribution < -0.4 is 10.1 Å². The largest absolute Gasteiger partial charge is 0.494 e. The van der Waals surface area contributed by atoms with Gasteiger partial charge in [-0.05, 0) is 37.6 Å². The van der Waals surface area contributed by atoms with E-state index in [9.17, 15) is 4.79 Å². The molecule has 0 saturated carbocycles. The molecule has 0 amide bonds. The molecule has 0 fully saturated rings. The van der Waals surface area contributed by atoms with Crippen LogP contribution in [0.4, 0.5) is 5.69 Å². The van der Waals surface area contributed by atoms with E-state index in [0.29, 0.717) is 6.61 Å². The Kier molecular flexibility index (Phi) is 4.64. The molecule has 0 unspecified atom stereocenters. The standard InChI is InChI=1S/C12H17NO3/c1-4-16-11-6-5-10(7-9(11)2)13-8-12(14)15-3/h5-7,13H,4,8H2,1-3H3. The molecule has 0 radical (unpaired) electrons. The summed E-state index contributed by atoms with van der Waals surface area (Å²) >= 11 is 0. The predicted octanol–water partition coefficient (Wildman–Crippen LogP) is 1.98. The van der Waals surface area contributed by atoms with Crippen LogP contribution in [0.2, 0.25) is 0 Å². The van der Waals surface area contributed by atoms with E-state index in [4.69, 9.17) is 4.74 Å². The van der Waals surface area contributed by atoms with E-state index in [1.165, 1.54) is 7.11 Å². The zero-order chi connectivity index (χ0) is 12.0. The smallest absolute Gasteiger partial charge is 0.325 e. The molecule has 1 aromatic carbocycles. The Morgan fingerprint density at radius 2 is 2.19 bits per heavy atom. The fraction of sp³-hybridized carbons (Fsp3) is 0.417. The van der Waals surface area contributed by atoms with Gasteiger partial charge in [-0.15, -0.1) is 0 Å². The molecule has 0 bridgehead atoms. The molecular formula is C12H17NO3. The average molecular weight is 223 g/mol. The van der Waals surface area contributed by atoms with Crippen LogP contribution in [0.15, 0.2) is 18.2 Å². The van der Waals surface area contributed by atoms with Crippen LogP contribution in [0.5, 0.6) is 5.75 Å². The summed E-state index contributed by atoms with van der Waals surface area (Å²) in [5.74, 6) is 0.581. The van der Waals surface area contributed by atoms with Crippen LogP contribution in [0, 0.1) is 6.92 Å². The number of hydrogen-bond acceptors (Lipinski definition) is 4. The first kappa shape index (κ1) is 12.4. The predicted molar refractivity (Wildman–Crippen MR) is 62.9 cm³/mol. The number of methoxy groups -OCH3 is 1. The van der Waals surface area contributed by atoms with Crippen molar-refractivity contribution in [2.45, 2.75) is 13.8 Å². The molecule has 0 spiro atoms. The number of carbonyl (C=O) groups is 1. The minimum atomic E-state index is -0.286. The Hall–Kier alpha value is -1.71. The molecule has 1 N–H and O–H groups in total. The lowest BCUT2D eigenvalue weighted by Gasteiger charge is -2.10. The molecule has 4 nitrogen and oxygen atoms in total. The van der Waals surface area contributed by atoms with E-state index in [1.54, 1.807) is 0 Å². The van der Waals surface area contributed by atoms with Crippen LogP contribution in [-0.2, 0) is 9.53 Å². The topological polar surface area (TPSA) is 47.6 Å². The third kappa shape index (κ3) is 3.46. The van der Waals surface area contributed by atoms with Gasteiger partial charge in [0.2, 0.25) is 0 Å². The second-order valence-electron chi connectivity index (χ2n) is 3.34. The maximum atomic E-state index is 10.9. The van der Waals surface area contributed by atoms with E-state index in [2.05, 4.69) is 10.1 Å². The first-order valence-electron chi connectivity index (χ1n) is 5.21. The molecule has 0 heterocycles. The second kappa shape index (κ2) is 6.00. The molecule has 0 aliphatic rings. The second-order valence-corrected chi connectivity index (χ2v) is 3.34. The van der Waals surface area contributed by atoms with Crippen LogP contribution in [0.3, 0.4) is 0 Å². The normalized spacial score (nSPS) is 9.69. The van der Waals surface area contributed by atoms with Crippen molar-refractivity contribution in [2.75, 3.05) is 25.6 Å². The third-order valence-corrected chi connectivity index (χ3v) is 2.14. The number of benzene rings is 1. The van der Waals surface area contributed by atoms with Crippen LogP contribution >= 0.6 is 0 Å². The van der Waals surface area contributed by atoms with Crippen LogP contribution in [0.1, 0.15) is 12.5 Å². The Balaban J connectivity index is 2.62. The fourth-order valence-electron chi connectivity index (χ4n) is 1.32. The van der Waals surface area contributed by atoms with Gasteiger partial charge in [-0.2, -0.15) is 0 Å². The van der Waals surface area contributed by atoms with E-state index in [-0.39, 0.29) is 12.5 Å². The summed E-state index contributed by atoms with van der Waals surface area (Å²) in [6.45, 7) is 4.73. The molecule has 0 aromatic heterocycles. The number of esters is 1. The summed E-state index contributed by atoms with van der Waals surface area (Å²) in [5.41, 5.74) is 1.92. The highest BCUT2D eigenvalue weighted by atomic mass is 16.5. The minimum Gasteiger partial charge on any atom is -0.494 e. The number of aryl methyl sites for hydroxylation is 1. The number of hydrogen-bond donors (Lipinski definition) is 1. The number of anilines is 1. The van der Waals surface area contributed by atoms with Crippen molar-refractivity contribution in [3.05, 3.63) is 23.8 Å². The van der Waals surface area contributed by atoms with Gasteiger partial charge in [-0.25, -0.2) is 0 Å². The quantitative estimate of drug-likeness (QED) is 0.775. The lowest BCUT2D eigenvalue weighted by molar-refractivity contribution is -0.138. The maximum absolute atomic E-state index is 10.9. The molecule has 1 aromatic rings. The van der Waals surface area contributed by atoms with Gasteiger partial charge < -0.3 is 14.8 Å². The lowest BCUT2D eigenvalue weighted by atomic mass is 10.2. The first-order valence-corrected chi connectivity index (χ1v) is 5.21. The highest BCUT2D eigenvalue weighted by Crippen LogP contribution is 2.21. The van der Waals surface area contributed by atoms with Gasteiger partial charge >= 0.3 is 5.97 Å². The van der Waals surface area contributed by atoms with Gasteiger partial charge in [-0.3, -0.25) is 4.79 Å². The number of nitrogens with one attached hydrogen (secondary N) is 1. The fourth-order valence-corrected chi connectivity index (χ4v) is 1.32. The van der Waals surface area contributed by atoms with Gasteiger partial charge in [0.15, 0.2) is 0 Å². The summed E-state index contributed by atoms with van der Waals surface area (Å²) < 4.78 is 9.96. The highest BCUT2D eigenvalue weighted by molar-refractivity contribution is 5.74. The summed E-state index contributed by atoms with van der Waals surface area (Å²) in [6.07, 6.45) is 0. The SMILES string of the molecule is CCOc1ccc(NCC(=O)OC)cc1C. The lowest BCUT2D eigenvalue weighted by Crippen LogP contribution is -2.14. The van der Waals surface area contributed by atoms with E-state index in [1.807, 2.05) is 32.0 Å². The van der Waals surface area contributed by atoms with Crippen LogP contribution in [-0.4, -0.2) is 26.2 Å². The number of ether oxygens (including phenoxy) is 2. The van der Waals surface area contributed by atoms with Crippen molar-refractivity contribution < 1.29 is 14.3 Å². The van der Waals surface area contributed by atoms with E-state index in [0.717, 1.165) is 17.0 Å². The van der Waals surface area contributed by atoms with Crippen molar-refractivity contribution in [3.8, 4) is 5.75 Å². The maximum Gasteiger partial charge on any atom is 0.325 e. The highest BCUT2D eigenvalue weighted by Gasteiger charge is 2.02. The summed E-state index contributed by atoms with van der Waals surface area (Å²) in [7, 11) is 1.37. The molecule has 0 aliphatic carbocycles. The zero-order valence-corrected chi connectivity index (χ0v) is 9.87. The summed E-state index contributed by atoms with van der Waals surface area (Å²) in [4.78, 5) is 10.9. The van der Waals surface area contributed by atoms with Gasteiger partial charge in [0.25, 0.3) is 0 Å². The van der Waals surface area contributed by atoms with Gasteiger partial charge in [0.1, 0.15) is 12.3 Å². The van der Waals surface area contributed by atoms with Crippen molar-refractivity contribution in [1.82, 2.24) is 0 Å². The Labute approximate surface area is 95.6 Å². The van der Waals surface area contributed by atoms with Gasteiger partial charge in [0, 0.05) is 5.69 Å². The Bertz CT molecular complexity index is 363. The summed E-state index contributed by atoms with van der Waals surface area (Å²) in [6, 6.07) is 5.70. The minimum absolute atomic E-state index is 0.171. The Morgan fingerprint density at radius 3 is 2.75 bits per heavy atom. The van der Waals surface area contributed by atoms with Crippen molar-refractivity contribution >= 4 is 11.7 Å². The molecular weight excluding hydrogens is 206 g/mol. The first-order chi connectivity index (χ1) is 7.67. The monoisotopic (exact) mass is 223 g/mol. The molecule has 1 rings (SSSR count). The molecule has 0 saturated heterocycles. The zero-order valence-electron chi connectivity index (χ0n) is 9.87. The Morgan fingerprint density at radius 1 is 1.44 bits per heavy atom.